The van der Waals surface area contributed by atoms with Crippen molar-refractivity contribution in [2.45, 2.75) is 43.3 Å². The maximum atomic E-state index is 5.28. The number of benzene rings is 1. The standard InChI is InChI=1S/C16H21BrN2O/c1-20-15(17)8-5-11-3-2-4-14-16(11)12(10-19-14)9-18-13-6-7-13/h2-4,10,13,15,18-19H,5-9H2,1H3. The van der Waals surface area contributed by atoms with Crippen LogP contribution in [0.25, 0.3) is 10.9 Å². The zero-order chi connectivity index (χ0) is 13.9. The van der Waals surface area contributed by atoms with E-state index in [9.17, 15) is 0 Å². The van der Waals surface area contributed by atoms with Gasteiger partial charge in [0.15, 0.2) is 0 Å². The molecule has 1 aromatic heterocycles. The Kier molecular flexibility index (Phi) is 4.44. The van der Waals surface area contributed by atoms with Gasteiger partial charge in [0.1, 0.15) is 5.01 Å². The van der Waals surface area contributed by atoms with Gasteiger partial charge in [-0.25, -0.2) is 0 Å². The predicted octanol–water partition coefficient (Wildman–Crippen LogP) is 3.72. The van der Waals surface area contributed by atoms with Crippen molar-refractivity contribution in [2.24, 2.45) is 0 Å². The fourth-order valence-corrected chi connectivity index (χ4v) is 2.84. The molecule has 0 saturated heterocycles. The van der Waals surface area contributed by atoms with Crippen LogP contribution in [-0.2, 0) is 17.7 Å². The molecule has 2 N–H and O–H groups in total. The Morgan fingerprint density at radius 1 is 1.40 bits per heavy atom. The summed E-state index contributed by atoms with van der Waals surface area (Å²) in [4.78, 5) is 3.39. The van der Waals surface area contributed by atoms with E-state index in [1.165, 1.54) is 34.9 Å². The third-order valence-corrected chi connectivity index (χ3v) is 4.76. The van der Waals surface area contributed by atoms with E-state index in [1.54, 1.807) is 7.11 Å². The van der Waals surface area contributed by atoms with Crippen LogP contribution >= 0.6 is 15.9 Å². The average molecular weight is 337 g/mol. The summed E-state index contributed by atoms with van der Waals surface area (Å²) in [7, 11) is 1.74. The van der Waals surface area contributed by atoms with Gasteiger partial charge in [-0.15, -0.1) is 0 Å². The van der Waals surface area contributed by atoms with Crippen molar-refractivity contribution in [3.8, 4) is 0 Å². The zero-order valence-electron chi connectivity index (χ0n) is 11.8. The summed E-state index contributed by atoms with van der Waals surface area (Å²) in [6.45, 7) is 0.962. The molecule has 2 aromatic rings. The molecule has 0 amide bonds. The molecule has 1 aliphatic carbocycles. The maximum absolute atomic E-state index is 5.28. The Labute approximate surface area is 128 Å². The van der Waals surface area contributed by atoms with Crippen LogP contribution in [0.2, 0.25) is 0 Å². The number of alkyl halides is 1. The van der Waals surface area contributed by atoms with E-state index in [-0.39, 0.29) is 5.01 Å². The third-order valence-electron chi connectivity index (χ3n) is 3.93. The van der Waals surface area contributed by atoms with Crippen LogP contribution in [0.15, 0.2) is 24.4 Å². The first-order valence-electron chi connectivity index (χ1n) is 7.26. The van der Waals surface area contributed by atoms with Crippen molar-refractivity contribution in [3.05, 3.63) is 35.5 Å². The topological polar surface area (TPSA) is 37.0 Å². The Morgan fingerprint density at radius 2 is 2.25 bits per heavy atom. The largest absolute Gasteiger partial charge is 0.370 e. The number of methoxy groups -OCH3 is 1. The minimum atomic E-state index is 0.129. The molecule has 108 valence electrons. The average Bonchev–Trinajstić information content (AvgIpc) is 3.21. The first-order valence-corrected chi connectivity index (χ1v) is 8.17. The first kappa shape index (κ1) is 14.1. The highest BCUT2D eigenvalue weighted by atomic mass is 79.9. The smallest absolute Gasteiger partial charge is 0.112 e. The van der Waals surface area contributed by atoms with Crippen LogP contribution in [0.3, 0.4) is 0 Å². The summed E-state index contributed by atoms with van der Waals surface area (Å²) in [6, 6.07) is 7.25. The number of hydrogen-bond acceptors (Lipinski definition) is 2. The molecule has 1 unspecified atom stereocenters. The van der Waals surface area contributed by atoms with E-state index in [0.29, 0.717) is 0 Å². The SMILES string of the molecule is COC(Br)CCc1cccc2[nH]cc(CNC3CC3)c12. The van der Waals surface area contributed by atoms with E-state index < -0.39 is 0 Å². The number of ether oxygens (including phenoxy) is 1. The number of rotatable bonds is 7. The van der Waals surface area contributed by atoms with Gasteiger partial charge in [-0.05, 0) is 42.9 Å². The number of halogens is 1. The van der Waals surface area contributed by atoms with Gasteiger partial charge >= 0.3 is 0 Å². The molecule has 0 bridgehead atoms. The van der Waals surface area contributed by atoms with Gasteiger partial charge in [-0.3, -0.25) is 0 Å². The van der Waals surface area contributed by atoms with E-state index >= 15 is 0 Å². The lowest BCUT2D eigenvalue weighted by molar-refractivity contribution is 0.171. The van der Waals surface area contributed by atoms with Crippen molar-refractivity contribution in [1.82, 2.24) is 10.3 Å². The van der Waals surface area contributed by atoms with Crippen LogP contribution in [0.1, 0.15) is 30.4 Å². The highest BCUT2D eigenvalue weighted by Crippen LogP contribution is 2.26. The lowest BCUT2D eigenvalue weighted by atomic mass is 10.0. The van der Waals surface area contributed by atoms with E-state index in [1.807, 2.05) is 0 Å². The Morgan fingerprint density at radius 3 is 3.00 bits per heavy atom. The summed E-state index contributed by atoms with van der Waals surface area (Å²) in [5.74, 6) is 0. The molecule has 0 aliphatic heterocycles. The second kappa shape index (κ2) is 6.29. The quantitative estimate of drug-likeness (QED) is 0.756. The molecule has 20 heavy (non-hydrogen) atoms. The molecule has 1 fully saturated rings. The number of aromatic nitrogens is 1. The fraction of sp³-hybridized carbons (Fsp3) is 0.500. The van der Waals surface area contributed by atoms with Crippen LogP contribution in [0, 0.1) is 0 Å². The van der Waals surface area contributed by atoms with Crippen molar-refractivity contribution in [2.75, 3.05) is 7.11 Å². The van der Waals surface area contributed by atoms with Crippen LogP contribution in [-0.4, -0.2) is 23.1 Å². The van der Waals surface area contributed by atoms with E-state index in [4.69, 9.17) is 4.74 Å². The van der Waals surface area contributed by atoms with Crippen molar-refractivity contribution >= 4 is 26.8 Å². The summed E-state index contributed by atoms with van der Waals surface area (Å²) >= 11 is 3.52. The molecule has 4 heteroatoms. The Hall–Kier alpha value is -0.840. The number of hydrogen-bond donors (Lipinski definition) is 2. The lowest BCUT2D eigenvalue weighted by Gasteiger charge is -2.10. The van der Waals surface area contributed by atoms with Gasteiger partial charge in [0.05, 0.1) is 0 Å². The predicted molar refractivity (Wildman–Crippen MR) is 86.2 cm³/mol. The molecule has 0 radical (unpaired) electrons. The number of H-pyrrole nitrogens is 1. The van der Waals surface area contributed by atoms with Gasteiger partial charge in [-0.1, -0.05) is 28.1 Å². The van der Waals surface area contributed by atoms with Gasteiger partial charge in [-0.2, -0.15) is 0 Å². The number of aromatic amines is 1. The van der Waals surface area contributed by atoms with Gasteiger partial charge < -0.3 is 15.0 Å². The van der Waals surface area contributed by atoms with Crippen molar-refractivity contribution in [1.29, 1.82) is 0 Å². The highest BCUT2D eigenvalue weighted by molar-refractivity contribution is 9.09. The minimum Gasteiger partial charge on any atom is -0.370 e. The zero-order valence-corrected chi connectivity index (χ0v) is 13.4. The summed E-state index contributed by atoms with van der Waals surface area (Å²) in [5.41, 5.74) is 4.02. The van der Waals surface area contributed by atoms with Gasteiger partial charge in [0.2, 0.25) is 0 Å². The van der Waals surface area contributed by atoms with Crippen LogP contribution in [0.4, 0.5) is 0 Å². The molecule has 1 heterocycles. The third kappa shape index (κ3) is 3.25. The Bertz CT molecular complexity index is 577. The Balaban J connectivity index is 1.80. The second-order valence-corrected chi connectivity index (χ2v) is 6.51. The van der Waals surface area contributed by atoms with Crippen LogP contribution in [0.5, 0.6) is 0 Å². The summed E-state index contributed by atoms with van der Waals surface area (Å²) in [6.07, 6.45) is 6.81. The number of nitrogens with one attached hydrogen (secondary N) is 2. The van der Waals surface area contributed by atoms with E-state index in [2.05, 4.69) is 50.6 Å². The van der Waals surface area contributed by atoms with Gasteiger partial charge in [0.25, 0.3) is 0 Å². The maximum Gasteiger partial charge on any atom is 0.112 e. The summed E-state index contributed by atoms with van der Waals surface area (Å²) in [5, 5.41) is 5.12. The second-order valence-electron chi connectivity index (χ2n) is 5.49. The number of fused-ring (bicyclic) bond motifs is 1. The molecule has 1 atom stereocenters. The van der Waals surface area contributed by atoms with E-state index in [0.717, 1.165) is 25.4 Å². The molecule has 1 aliphatic rings. The normalized spacial score (nSPS) is 16.7. The van der Waals surface area contributed by atoms with Crippen molar-refractivity contribution in [3.63, 3.8) is 0 Å². The number of aryl methyl sites for hydroxylation is 1. The van der Waals surface area contributed by atoms with Crippen molar-refractivity contribution < 1.29 is 4.74 Å². The molecular weight excluding hydrogens is 316 g/mol. The molecule has 1 aromatic carbocycles. The molecule has 3 rings (SSSR count). The molecule has 1 saturated carbocycles. The fourth-order valence-electron chi connectivity index (χ4n) is 2.61. The minimum absolute atomic E-state index is 0.129. The molecule has 0 spiro atoms. The highest BCUT2D eigenvalue weighted by Gasteiger charge is 2.20. The monoisotopic (exact) mass is 336 g/mol. The van der Waals surface area contributed by atoms with Gasteiger partial charge in [0, 0.05) is 36.8 Å². The van der Waals surface area contributed by atoms with Crippen LogP contribution < -0.4 is 5.32 Å². The first-order chi connectivity index (χ1) is 9.78. The lowest BCUT2D eigenvalue weighted by Crippen LogP contribution is -2.15. The molecule has 3 nitrogen and oxygen atoms in total. The summed E-state index contributed by atoms with van der Waals surface area (Å²) < 4.78 is 5.28. The molecular formula is C16H21BrN2O.